The van der Waals surface area contributed by atoms with Gasteiger partial charge in [0.25, 0.3) is 0 Å². The van der Waals surface area contributed by atoms with E-state index in [0.29, 0.717) is 11.7 Å². The first-order valence-corrected chi connectivity index (χ1v) is 7.85. The molecule has 0 aliphatic heterocycles. The summed E-state index contributed by atoms with van der Waals surface area (Å²) in [6.07, 6.45) is 5.00. The normalized spacial score (nSPS) is 15.5. The van der Waals surface area contributed by atoms with Crippen molar-refractivity contribution in [2.24, 2.45) is 0 Å². The van der Waals surface area contributed by atoms with Crippen molar-refractivity contribution in [2.75, 3.05) is 0 Å². The molecule has 0 unspecified atom stereocenters. The monoisotopic (exact) mass is 296 g/mol. The minimum absolute atomic E-state index is 0.401. The summed E-state index contributed by atoms with van der Waals surface area (Å²) >= 11 is 0. The molecule has 0 radical (unpaired) electrons. The molecule has 3 heteroatoms. The topological polar surface area (TPSA) is 46.5 Å². The number of carboxylic acid groups (broad SMARTS) is 1. The summed E-state index contributed by atoms with van der Waals surface area (Å²) in [5, 5.41) is 8.93. The van der Waals surface area contributed by atoms with Crippen molar-refractivity contribution in [3.05, 3.63) is 54.1 Å². The molecule has 1 fully saturated rings. The highest BCUT2D eigenvalue weighted by molar-refractivity contribution is 5.76. The van der Waals surface area contributed by atoms with Gasteiger partial charge in [0.15, 0.2) is 0 Å². The first kappa shape index (κ1) is 14.6. The first-order valence-electron chi connectivity index (χ1n) is 7.85. The van der Waals surface area contributed by atoms with Crippen LogP contribution in [0.15, 0.2) is 48.5 Å². The van der Waals surface area contributed by atoms with Gasteiger partial charge in [0, 0.05) is 5.56 Å². The van der Waals surface area contributed by atoms with Crippen LogP contribution in [-0.4, -0.2) is 11.3 Å². The van der Waals surface area contributed by atoms with Gasteiger partial charge in [-0.05, 0) is 36.0 Å². The lowest BCUT2D eigenvalue weighted by Gasteiger charge is -2.24. The fourth-order valence-electron chi connectivity index (χ4n) is 3.38. The quantitative estimate of drug-likeness (QED) is 0.604. The average Bonchev–Trinajstić information content (AvgIpc) is 2.56. The smallest absolute Gasteiger partial charge is 0.449 e. The van der Waals surface area contributed by atoms with E-state index in [0.717, 1.165) is 11.1 Å². The van der Waals surface area contributed by atoms with E-state index in [2.05, 4.69) is 18.2 Å². The van der Waals surface area contributed by atoms with Gasteiger partial charge in [-0.1, -0.05) is 61.7 Å². The van der Waals surface area contributed by atoms with Gasteiger partial charge < -0.3 is 9.84 Å². The minimum atomic E-state index is -1.28. The molecule has 1 N–H and O–H groups in total. The molecule has 1 saturated carbocycles. The predicted octanol–water partition coefficient (Wildman–Crippen LogP) is 5.46. The molecule has 3 nitrogen and oxygen atoms in total. The van der Waals surface area contributed by atoms with Crippen molar-refractivity contribution >= 4 is 6.16 Å². The SMILES string of the molecule is O=C(O)Oc1ccccc1-c1ccccc1C1CCCCC1. The van der Waals surface area contributed by atoms with Gasteiger partial charge in [-0.3, -0.25) is 0 Å². The molecular weight excluding hydrogens is 276 g/mol. The zero-order valence-corrected chi connectivity index (χ0v) is 12.5. The summed E-state index contributed by atoms with van der Waals surface area (Å²) in [6.45, 7) is 0. The molecule has 22 heavy (non-hydrogen) atoms. The van der Waals surface area contributed by atoms with Gasteiger partial charge in [0.2, 0.25) is 0 Å². The molecule has 2 aromatic rings. The minimum Gasteiger partial charge on any atom is -0.449 e. The van der Waals surface area contributed by atoms with Crippen LogP contribution in [-0.2, 0) is 0 Å². The number of benzene rings is 2. The summed E-state index contributed by atoms with van der Waals surface area (Å²) in [7, 11) is 0. The number of ether oxygens (including phenoxy) is 1. The third-order valence-corrected chi connectivity index (χ3v) is 4.38. The van der Waals surface area contributed by atoms with Gasteiger partial charge in [-0.25, -0.2) is 4.79 Å². The Labute approximate surface area is 130 Å². The number of hydrogen-bond acceptors (Lipinski definition) is 2. The molecular formula is C19H20O3. The van der Waals surface area contributed by atoms with Crippen LogP contribution in [0.3, 0.4) is 0 Å². The fourth-order valence-corrected chi connectivity index (χ4v) is 3.38. The van der Waals surface area contributed by atoms with Crippen molar-refractivity contribution in [1.82, 2.24) is 0 Å². The molecule has 0 amide bonds. The Bertz CT molecular complexity index is 657. The Kier molecular flexibility index (Phi) is 4.42. The zero-order valence-electron chi connectivity index (χ0n) is 12.5. The van der Waals surface area contributed by atoms with Gasteiger partial charge in [-0.15, -0.1) is 0 Å². The second-order valence-corrected chi connectivity index (χ2v) is 5.79. The van der Waals surface area contributed by atoms with Crippen LogP contribution in [0.4, 0.5) is 4.79 Å². The molecule has 2 aromatic carbocycles. The number of hydrogen-bond donors (Lipinski definition) is 1. The Morgan fingerprint density at radius 2 is 1.55 bits per heavy atom. The Hall–Kier alpha value is -2.29. The van der Waals surface area contributed by atoms with Crippen LogP contribution >= 0.6 is 0 Å². The third-order valence-electron chi connectivity index (χ3n) is 4.38. The summed E-state index contributed by atoms with van der Waals surface area (Å²) in [5.41, 5.74) is 3.25. The predicted molar refractivity (Wildman–Crippen MR) is 86.4 cm³/mol. The Morgan fingerprint density at radius 3 is 2.27 bits per heavy atom. The molecule has 1 aliphatic rings. The maximum Gasteiger partial charge on any atom is 0.511 e. The molecule has 0 aromatic heterocycles. The van der Waals surface area contributed by atoms with E-state index in [1.54, 1.807) is 12.1 Å². The van der Waals surface area contributed by atoms with Crippen molar-refractivity contribution in [1.29, 1.82) is 0 Å². The van der Waals surface area contributed by atoms with Crippen LogP contribution in [0.2, 0.25) is 0 Å². The van der Waals surface area contributed by atoms with Gasteiger partial charge in [0.1, 0.15) is 5.75 Å². The first-order chi connectivity index (χ1) is 10.8. The van der Waals surface area contributed by atoms with Crippen molar-refractivity contribution < 1.29 is 14.6 Å². The second-order valence-electron chi connectivity index (χ2n) is 5.79. The fraction of sp³-hybridized carbons (Fsp3) is 0.316. The van der Waals surface area contributed by atoms with E-state index in [-0.39, 0.29) is 0 Å². The Balaban J connectivity index is 2.03. The summed E-state index contributed by atoms with van der Waals surface area (Å²) in [6, 6.07) is 15.7. The lowest BCUT2D eigenvalue weighted by molar-refractivity contribution is 0.144. The summed E-state index contributed by atoms with van der Waals surface area (Å²) in [5.74, 6) is 0.959. The number of carbonyl (C=O) groups is 1. The molecule has 0 saturated heterocycles. The van der Waals surface area contributed by atoms with Crippen molar-refractivity contribution in [3.8, 4) is 16.9 Å². The highest BCUT2D eigenvalue weighted by Crippen LogP contribution is 2.40. The van der Waals surface area contributed by atoms with E-state index >= 15 is 0 Å². The lowest BCUT2D eigenvalue weighted by atomic mass is 9.81. The third kappa shape index (κ3) is 3.14. The Morgan fingerprint density at radius 1 is 0.909 bits per heavy atom. The molecule has 114 valence electrons. The molecule has 0 heterocycles. The number of rotatable bonds is 3. The van der Waals surface area contributed by atoms with Gasteiger partial charge in [-0.2, -0.15) is 0 Å². The van der Waals surface area contributed by atoms with E-state index < -0.39 is 6.16 Å². The van der Waals surface area contributed by atoms with Gasteiger partial charge >= 0.3 is 6.16 Å². The van der Waals surface area contributed by atoms with E-state index in [9.17, 15) is 4.79 Å². The highest BCUT2D eigenvalue weighted by atomic mass is 16.7. The summed E-state index contributed by atoms with van der Waals surface area (Å²) in [4.78, 5) is 10.9. The van der Waals surface area contributed by atoms with E-state index in [4.69, 9.17) is 9.84 Å². The lowest BCUT2D eigenvalue weighted by Crippen LogP contribution is -2.07. The zero-order chi connectivity index (χ0) is 15.4. The van der Waals surface area contributed by atoms with Crippen LogP contribution in [0, 0.1) is 0 Å². The van der Waals surface area contributed by atoms with Crippen LogP contribution in [0.25, 0.3) is 11.1 Å². The second kappa shape index (κ2) is 6.65. The maximum atomic E-state index is 10.9. The molecule has 0 atom stereocenters. The van der Waals surface area contributed by atoms with E-state index in [1.807, 2.05) is 18.2 Å². The van der Waals surface area contributed by atoms with Crippen molar-refractivity contribution in [3.63, 3.8) is 0 Å². The molecule has 0 spiro atoms. The van der Waals surface area contributed by atoms with Crippen LogP contribution in [0.1, 0.15) is 43.6 Å². The molecule has 3 rings (SSSR count). The average molecular weight is 296 g/mol. The standard InChI is InChI=1S/C19H20O3/c20-19(21)22-18-13-7-6-12-17(18)16-11-5-4-10-15(16)14-8-2-1-3-9-14/h4-7,10-14H,1-3,8-9H2,(H,20,21). The summed E-state index contributed by atoms with van der Waals surface area (Å²) < 4.78 is 4.96. The molecule has 0 bridgehead atoms. The van der Waals surface area contributed by atoms with E-state index in [1.165, 1.54) is 37.7 Å². The van der Waals surface area contributed by atoms with Crippen LogP contribution < -0.4 is 4.74 Å². The number of para-hydroxylation sites is 1. The van der Waals surface area contributed by atoms with Crippen molar-refractivity contribution in [2.45, 2.75) is 38.0 Å². The molecule has 1 aliphatic carbocycles. The largest absolute Gasteiger partial charge is 0.511 e. The maximum absolute atomic E-state index is 10.9. The van der Waals surface area contributed by atoms with Gasteiger partial charge in [0.05, 0.1) is 0 Å². The highest BCUT2D eigenvalue weighted by Gasteiger charge is 2.20. The van der Waals surface area contributed by atoms with Crippen LogP contribution in [0.5, 0.6) is 5.75 Å².